The van der Waals surface area contributed by atoms with Gasteiger partial charge in [-0.05, 0) is 32.4 Å². The Morgan fingerprint density at radius 3 is 2.50 bits per heavy atom. The zero-order valence-corrected chi connectivity index (χ0v) is 12.7. The van der Waals surface area contributed by atoms with Crippen molar-refractivity contribution in [2.24, 2.45) is 5.92 Å². The van der Waals surface area contributed by atoms with Crippen LogP contribution in [0.15, 0.2) is 28.7 Å². The lowest BCUT2D eigenvalue weighted by atomic mass is 9.90. The average molecular weight is 307 g/mol. The fourth-order valence-electron chi connectivity index (χ4n) is 2.57. The summed E-state index contributed by atoms with van der Waals surface area (Å²) >= 11 is 3.61. The summed E-state index contributed by atoms with van der Waals surface area (Å²) < 4.78 is 1.12. The molecule has 96 valence electrons. The molecule has 0 N–H and O–H groups in total. The van der Waals surface area contributed by atoms with Gasteiger partial charge in [0.15, 0.2) is 0 Å². The molecular weight excluding hydrogens is 288 g/mol. The van der Waals surface area contributed by atoms with Crippen LogP contribution in [0.25, 0.3) is 0 Å². The Bertz CT molecular complexity index is 470. The molecule has 1 aromatic carbocycles. The second-order valence-electron chi connectivity index (χ2n) is 5.94. The van der Waals surface area contributed by atoms with Crippen LogP contribution in [0.3, 0.4) is 0 Å². The predicted octanol–water partition coefficient (Wildman–Crippen LogP) is 3.79. The summed E-state index contributed by atoms with van der Waals surface area (Å²) in [5, 5.41) is 9.38. The van der Waals surface area contributed by atoms with E-state index in [1.807, 2.05) is 12.1 Å². The fraction of sp³-hybridized carbons (Fsp3) is 0.533. The van der Waals surface area contributed by atoms with E-state index in [1.54, 1.807) is 0 Å². The first-order valence-electron chi connectivity index (χ1n) is 6.32. The Morgan fingerprint density at radius 1 is 1.28 bits per heavy atom. The number of hydrogen-bond donors (Lipinski definition) is 0. The molecule has 2 atom stereocenters. The molecule has 2 rings (SSSR count). The minimum atomic E-state index is 0.0860. The van der Waals surface area contributed by atoms with Crippen LogP contribution >= 0.6 is 15.9 Å². The van der Waals surface area contributed by atoms with Gasteiger partial charge in [-0.15, -0.1) is 0 Å². The van der Waals surface area contributed by atoms with Gasteiger partial charge in [0.25, 0.3) is 0 Å². The number of rotatable bonds is 1. The van der Waals surface area contributed by atoms with Gasteiger partial charge in [0.05, 0.1) is 12.0 Å². The third-order valence-corrected chi connectivity index (χ3v) is 4.46. The van der Waals surface area contributed by atoms with E-state index < -0.39 is 0 Å². The molecule has 1 aromatic rings. The first-order chi connectivity index (χ1) is 8.43. The fourth-order valence-corrected chi connectivity index (χ4v) is 3.15. The molecule has 18 heavy (non-hydrogen) atoms. The molecule has 0 spiro atoms. The second kappa shape index (κ2) is 5.03. The Labute approximate surface area is 118 Å². The molecule has 1 fully saturated rings. The average Bonchev–Trinajstić information content (AvgIpc) is 2.73. The topological polar surface area (TPSA) is 27.0 Å². The number of nitrogens with zero attached hydrogens (tertiary/aromatic N) is 2. The lowest BCUT2D eigenvalue weighted by Gasteiger charge is -2.31. The lowest BCUT2D eigenvalue weighted by Crippen LogP contribution is -2.39. The molecule has 0 aliphatic carbocycles. The van der Waals surface area contributed by atoms with Crippen LogP contribution in [0.2, 0.25) is 0 Å². The summed E-state index contributed by atoms with van der Waals surface area (Å²) in [6.07, 6.45) is 0. The highest BCUT2D eigenvalue weighted by atomic mass is 79.9. The van der Waals surface area contributed by atoms with Crippen LogP contribution in [-0.2, 0) is 0 Å². The van der Waals surface area contributed by atoms with E-state index in [-0.39, 0.29) is 11.5 Å². The molecule has 1 aliphatic heterocycles. The normalized spacial score (nSPS) is 25.1. The SMILES string of the molecule is CC(C)(C)N1C[C@H](c2ccccc2Br)[C@@H](C#N)C1. The zero-order chi connectivity index (χ0) is 13.3. The molecule has 0 radical (unpaired) electrons. The molecule has 2 nitrogen and oxygen atoms in total. The van der Waals surface area contributed by atoms with Gasteiger partial charge in [0.2, 0.25) is 0 Å². The minimum absolute atomic E-state index is 0.0860. The third-order valence-electron chi connectivity index (χ3n) is 3.74. The quantitative estimate of drug-likeness (QED) is 0.789. The molecular formula is C15H19BrN2. The third kappa shape index (κ3) is 2.60. The summed E-state index contributed by atoms with van der Waals surface area (Å²) in [6, 6.07) is 10.7. The van der Waals surface area contributed by atoms with Crippen molar-refractivity contribution < 1.29 is 0 Å². The molecule has 1 heterocycles. The van der Waals surface area contributed by atoms with Gasteiger partial charge < -0.3 is 0 Å². The summed E-state index contributed by atoms with van der Waals surface area (Å²) in [4.78, 5) is 2.41. The molecule has 0 unspecified atom stereocenters. The van der Waals surface area contributed by atoms with Gasteiger partial charge in [-0.1, -0.05) is 34.1 Å². The summed E-state index contributed by atoms with van der Waals surface area (Å²) in [6.45, 7) is 8.47. The van der Waals surface area contributed by atoms with Crippen molar-refractivity contribution in [2.45, 2.75) is 32.2 Å². The smallest absolute Gasteiger partial charge is 0.0676 e. The maximum atomic E-state index is 9.38. The molecule has 3 heteroatoms. The van der Waals surface area contributed by atoms with Gasteiger partial charge in [0, 0.05) is 29.0 Å². The lowest BCUT2D eigenvalue weighted by molar-refractivity contribution is 0.170. The predicted molar refractivity (Wildman–Crippen MR) is 77.3 cm³/mol. The van der Waals surface area contributed by atoms with Gasteiger partial charge in [0.1, 0.15) is 0 Å². The molecule has 1 saturated heterocycles. The van der Waals surface area contributed by atoms with Gasteiger partial charge >= 0.3 is 0 Å². The van der Waals surface area contributed by atoms with E-state index in [0.717, 1.165) is 17.6 Å². The van der Waals surface area contributed by atoms with Crippen LogP contribution in [0.5, 0.6) is 0 Å². The number of nitriles is 1. The van der Waals surface area contributed by atoms with Crippen LogP contribution in [0, 0.1) is 17.2 Å². The van der Waals surface area contributed by atoms with Crippen molar-refractivity contribution in [3.8, 4) is 6.07 Å². The first-order valence-corrected chi connectivity index (χ1v) is 7.12. The van der Waals surface area contributed by atoms with Gasteiger partial charge in [-0.3, -0.25) is 4.90 Å². The molecule has 0 bridgehead atoms. The highest BCUT2D eigenvalue weighted by Gasteiger charge is 2.38. The van der Waals surface area contributed by atoms with E-state index in [4.69, 9.17) is 0 Å². The first kappa shape index (κ1) is 13.6. The van der Waals surface area contributed by atoms with E-state index >= 15 is 0 Å². The number of benzene rings is 1. The molecule has 0 saturated carbocycles. The largest absolute Gasteiger partial charge is 0.297 e. The highest BCUT2D eigenvalue weighted by molar-refractivity contribution is 9.10. The van der Waals surface area contributed by atoms with E-state index in [0.29, 0.717) is 5.92 Å². The van der Waals surface area contributed by atoms with Crippen molar-refractivity contribution in [3.63, 3.8) is 0 Å². The Hall–Kier alpha value is -0.850. The van der Waals surface area contributed by atoms with Crippen molar-refractivity contribution in [3.05, 3.63) is 34.3 Å². The summed E-state index contributed by atoms with van der Waals surface area (Å²) in [7, 11) is 0. The van der Waals surface area contributed by atoms with E-state index in [9.17, 15) is 5.26 Å². The second-order valence-corrected chi connectivity index (χ2v) is 6.79. The number of hydrogen-bond acceptors (Lipinski definition) is 2. The summed E-state index contributed by atoms with van der Waals surface area (Å²) in [5.41, 5.74) is 1.39. The monoisotopic (exact) mass is 306 g/mol. The number of likely N-dealkylation sites (tertiary alicyclic amines) is 1. The van der Waals surface area contributed by atoms with E-state index in [2.05, 4.69) is 59.8 Å². The number of halogens is 1. The standard InChI is InChI=1S/C15H19BrN2/c1-15(2,3)18-9-11(8-17)13(10-18)12-6-4-5-7-14(12)16/h4-7,11,13H,9-10H2,1-3H3/t11-,13-/m0/s1. The Kier molecular flexibility index (Phi) is 3.79. The van der Waals surface area contributed by atoms with Crippen molar-refractivity contribution >= 4 is 15.9 Å². The van der Waals surface area contributed by atoms with Crippen LogP contribution in [0.1, 0.15) is 32.3 Å². The molecule has 1 aliphatic rings. The van der Waals surface area contributed by atoms with Crippen LogP contribution < -0.4 is 0 Å². The molecule has 0 amide bonds. The zero-order valence-electron chi connectivity index (χ0n) is 11.2. The van der Waals surface area contributed by atoms with Gasteiger partial charge in [-0.25, -0.2) is 0 Å². The van der Waals surface area contributed by atoms with Crippen molar-refractivity contribution in [2.75, 3.05) is 13.1 Å². The Morgan fingerprint density at radius 2 is 1.94 bits per heavy atom. The minimum Gasteiger partial charge on any atom is -0.297 e. The van der Waals surface area contributed by atoms with Crippen LogP contribution in [0.4, 0.5) is 0 Å². The van der Waals surface area contributed by atoms with Crippen LogP contribution in [-0.4, -0.2) is 23.5 Å². The van der Waals surface area contributed by atoms with Gasteiger partial charge in [-0.2, -0.15) is 5.26 Å². The Balaban J connectivity index is 2.29. The maximum absolute atomic E-state index is 9.38. The highest BCUT2D eigenvalue weighted by Crippen LogP contribution is 2.38. The van der Waals surface area contributed by atoms with Crippen molar-refractivity contribution in [1.29, 1.82) is 5.26 Å². The molecule has 0 aromatic heterocycles. The summed E-state index contributed by atoms with van der Waals surface area (Å²) in [5.74, 6) is 0.396. The van der Waals surface area contributed by atoms with E-state index in [1.165, 1.54) is 5.56 Å². The maximum Gasteiger partial charge on any atom is 0.0676 e. The van der Waals surface area contributed by atoms with Crippen molar-refractivity contribution in [1.82, 2.24) is 4.90 Å².